The molecule has 2 N–H and O–H groups in total. The maximum atomic E-state index is 11.6. The van der Waals surface area contributed by atoms with Gasteiger partial charge in [0.25, 0.3) is 0 Å². The summed E-state index contributed by atoms with van der Waals surface area (Å²) in [4.78, 5) is 11.6. The molecular weight excluding hydrogens is 232 g/mol. The minimum Gasteiger partial charge on any atom is -0.444 e. The average molecular weight is 256 g/mol. The lowest BCUT2D eigenvalue weighted by molar-refractivity contribution is 0.0488. The van der Waals surface area contributed by atoms with E-state index in [2.05, 4.69) is 10.5 Å². The Morgan fingerprint density at radius 2 is 2.00 bits per heavy atom. The molecule has 1 fully saturated rings. The van der Waals surface area contributed by atoms with Crippen molar-refractivity contribution in [1.82, 2.24) is 5.32 Å². The third-order valence-corrected chi connectivity index (χ3v) is 3.09. The molecule has 18 heavy (non-hydrogen) atoms. The van der Waals surface area contributed by atoms with E-state index in [1.54, 1.807) is 6.21 Å². The third-order valence-electron chi connectivity index (χ3n) is 3.09. The number of hydrogen-bond acceptors (Lipinski definition) is 4. The highest BCUT2D eigenvalue weighted by atomic mass is 16.6. The molecule has 0 saturated heterocycles. The number of alkyl carbamates (subject to hydrolysis) is 1. The standard InChI is InChI=1S/C13H24N2O3/c1-13(2,3)18-12(16)15-11-6-4-10(5-7-11)8-9-14-17/h9-11,17H,4-8H2,1-3H3,(H,15,16)/b14-9+. The van der Waals surface area contributed by atoms with E-state index >= 15 is 0 Å². The maximum absolute atomic E-state index is 11.6. The summed E-state index contributed by atoms with van der Waals surface area (Å²) < 4.78 is 5.23. The summed E-state index contributed by atoms with van der Waals surface area (Å²) in [6.07, 6.45) is 6.05. The van der Waals surface area contributed by atoms with Gasteiger partial charge in [-0.05, 0) is 58.8 Å². The Labute approximate surface area is 109 Å². The van der Waals surface area contributed by atoms with Crippen LogP contribution in [-0.2, 0) is 4.74 Å². The molecule has 0 aromatic rings. The fourth-order valence-electron chi connectivity index (χ4n) is 2.21. The van der Waals surface area contributed by atoms with Crippen LogP contribution < -0.4 is 5.32 Å². The minimum absolute atomic E-state index is 0.210. The van der Waals surface area contributed by atoms with Crippen LogP contribution in [0.15, 0.2) is 5.16 Å². The Kier molecular flexibility index (Phi) is 5.44. The lowest BCUT2D eigenvalue weighted by Gasteiger charge is -2.29. The number of carbonyl (C=O) groups excluding carboxylic acids is 1. The number of oxime groups is 1. The monoisotopic (exact) mass is 256 g/mol. The SMILES string of the molecule is CC(C)(C)OC(=O)NC1CCC(C/C=N/O)CC1. The number of carbonyl (C=O) groups is 1. The fraction of sp³-hybridized carbons (Fsp3) is 0.846. The number of ether oxygens (including phenoxy) is 1. The molecule has 0 aromatic heterocycles. The first-order valence-corrected chi connectivity index (χ1v) is 6.56. The van der Waals surface area contributed by atoms with E-state index in [4.69, 9.17) is 9.94 Å². The lowest BCUT2D eigenvalue weighted by atomic mass is 9.84. The molecule has 5 heteroatoms. The van der Waals surface area contributed by atoms with Crippen molar-refractivity contribution >= 4 is 12.3 Å². The van der Waals surface area contributed by atoms with Crippen molar-refractivity contribution in [2.75, 3.05) is 0 Å². The normalized spacial score (nSPS) is 25.1. The van der Waals surface area contributed by atoms with Gasteiger partial charge in [-0.2, -0.15) is 0 Å². The van der Waals surface area contributed by atoms with Crippen LogP contribution in [0.5, 0.6) is 0 Å². The molecule has 104 valence electrons. The van der Waals surface area contributed by atoms with Crippen molar-refractivity contribution in [3.05, 3.63) is 0 Å². The molecule has 1 aliphatic rings. The number of nitrogens with one attached hydrogen (secondary N) is 1. The van der Waals surface area contributed by atoms with Gasteiger partial charge in [0.1, 0.15) is 5.60 Å². The Morgan fingerprint density at radius 3 is 2.50 bits per heavy atom. The average Bonchev–Trinajstić information content (AvgIpc) is 2.25. The molecule has 1 rings (SSSR count). The van der Waals surface area contributed by atoms with Gasteiger partial charge in [-0.3, -0.25) is 0 Å². The van der Waals surface area contributed by atoms with Crippen LogP contribution in [0.2, 0.25) is 0 Å². The summed E-state index contributed by atoms with van der Waals surface area (Å²) in [5.74, 6) is 0.567. The van der Waals surface area contributed by atoms with Crippen molar-refractivity contribution in [3.63, 3.8) is 0 Å². The van der Waals surface area contributed by atoms with Crippen LogP contribution in [-0.4, -0.2) is 29.2 Å². The zero-order chi connectivity index (χ0) is 13.6. The van der Waals surface area contributed by atoms with E-state index in [0.717, 1.165) is 32.1 Å². The molecule has 0 aromatic carbocycles. The Hall–Kier alpha value is -1.26. The highest BCUT2D eigenvalue weighted by Crippen LogP contribution is 2.26. The summed E-state index contributed by atoms with van der Waals surface area (Å²) in [6.45, 7) is 5.58. The molecule has 1 amide bonds. The minimum atomic E-state index is -0.446. The second kappa shape index (κ2) is 6.61. The third kappa shape index (κ3) is 5.89. The second-order valence-corrected chi connectivity index (χ2v) is 5.90. The van der Waals surface area contributed by atoms with Crippen molar-refractivity contribution in [2.24, 2.45) is 11.1 Å². The summed E-state index contributed by atoms with van der Waals surface area (Å²) >= 11 is 0. The fourth-order valence-corrected chi connectivity index (χ4v) is 2.21. The number of nitrogens with zero attached hydrogens (tertiary/aromatic N) is 1. The largest absolute Gasteiger partial charge is 0.444 e. The molecule has 0 spiro atoms. The first kappa shape index (κ1) is 14.8. The summed E-state index contributed by atoms with van der Waals surface area (Å²) in [5.41, 5.74) is -0.446. The van der Waals surface area contributed by atoms with E-state index < -0.39 is 5.60 Å². The maximum Gasteiger partial charge on any atom is 0.407 e. The number of amides is 1. The van der Waals surface area contributed by atoms with Gasteiger partial charge in [-0.1, -0.05) is 0 Å². The van der Waals surface area contributed by atoms with Crippen LogP contribution in [0.3, 0.4) is 0 Å². The number of rotatable bonds is 3. The Morgan fingerprint density at radius 1 is 1.39 bits per heavy atom. The van der Waals surface area contributed by atoms with Gasteiger partial charge < -0.3 is 15.3 Å². The predicted molar refractivity (Wildman–Crippen MR) is 70.0 cm³/mol. The van der Waals surface area contributed by atoms with Gasteiger partial charge >= 0.3 is 6.09 Å². The first-order chi connectivity index (χ1) is 8.40. The van der Waals surface area contributed by atoms with Gasteiger partial charge in [0.15, 0.2) is 0 Å². The Balaban J connectivity index is 2.25. The summed E-state index contributed by atoms with van der Waals surface area (Å²) in [7, 11) is 0. The molecule has 0 atom stereocenters. The van der Waals surface area contributed by atoms with E-state index in [9.17, 15) is 4.79 Å². The first-order valence-electron chi connectivity index (χ1n) is 6.56. The van der Waals surface area contributed by atoms with Crippen molar-refractivity contribution in [1.29, 1.82) is 0 Å². The van der Waals surface area contributed by atoms with Gasteiger partial charge in [0.2, 0.25) is 0 Å². The molecule has 5 nitrogen and oxygen atoms in total. The van der Waals surface area contributed by atoms with Crippen LogP contribution in [0.1, 0.15) is 52.9 Å². The van der Waals surface area contributed by atoms with E-state index in [1.807, 2.05) is 20.8 Å². The second-order valence-electron chi connectivity index (χ2n) is 5.90. The lowest BCUT2D eigenvalue weighted by Crippen LogP contribution is -2.40. The molecular formula is C13H24N2O3. The summed E-state index contributed by atoms with van der Waals surface area (Å²) in [6, 6.07) is 0.210. The summed E-state index contributed by atoms with van der Waals surface area (Å²) in [5, 5.41) is 14.3. The molecule has 1 aliphatic carbocycles. The highest BCUT2D eigenvalue weighted by molar-refractivity contribution is 5.68. The smallest absolute Gasteiger partial charge is 0.407 e. The molecule has 0 aliphatic heterocycles. The van der Waals surface area contributed by atoms with E-state index in [-0.39, 0.29) is 12.1 Å². The predicted octanol–water partition coefficient (Wildman–Crippen LogP) is 2.92. The Bertz CT molecular complexity index is 289. The number of hydrogen-bond donors (Lipinski definition) is 2. The quantitative estimate of drug-likeness (QED) is 0.463. The van der Waals surface area contributed by atoms with Gasteiger partial charge in [0.05, 0.1) is 0 Å². The zero-order valence-electron chi connectivity index (χ0n) is 11.5. The van der Waals surface area contributed by atoms with Crippen molar-refractivity contribution in [2.45, 2.75) is 64.5 Å². The van der Waals surface area contributed by atoms with Crippen molar-refractivity contribution in [3.8, 4) is 0 Å². The van der Waals surface area contributed by atoms with Gasteiger partial charge in [-0.15, -0.1) is 5.16 Å². The molecule has 0 heterocycles. The topological polar surface area (TPSA) is 70.9 Å². The molecule has 0 bridgehead atoms. The molecule has 0 unspecified atom stereocenters. The van der Waals surface area contributed by atoms with Crippen LogP contribution in [0.4, 0.5) is 4.79 Å². The van der Waals surface area contributed by atoms with Crippen LogP contribution in [0, 0.1) is 5.92 Å². The van der Waals surface area contributed by atoms with E-state index in [1.165, 1.54) is 0 Å². The van der Waals surface area contributed by atoms with Crippen LogP contribution >= 0.6 is 0 Å². The van der Waals surface area contributed by atoms with Crippen LogP contribution in [0.25, 0.3) is 0 Å². The van der Waals surface area contributed by atoms with Crippen molar-refractivity contribution < 1.29 is 14.7 Å². The molecule has 1 saturated carbocycles. The highest BCUT2D eigenvalue weighted by Gasteiger charge is 2.24. The van der Waals surface area contributed by atoms with Gasteiger partial charge in [0, 0.05) is 12.3 Å². The zero-order valence-corrected chi connectivity index (χ0v) is 11.5. The van der Waals surface area contributed by atoms with Gasteiger partial charge in [-0.25, -0.2) is 4.79 Å². The molecule has 0 radical (unpaired) electrons. The van der Waals surface area contributed by atoms with E-state index in [0.29, 0.717) is 5.92 Å².